The van der Waals surface area contributed by atoms with Gasteiger partial charge in [-0.3, -0.25) is 4.68 Å². The van der Waals surface area contributed by atoms with Crippen LogP contribution < -0.4 is 0 Å². The highest BCUT2D eigenvalue weighted by Gasteiger charge is 2.26. The quantitative estimate of drug-likeness (QED) is 0.906. The third kappa shape index (κ3) is 2.58. The second-order valence-electron chi connectivity index (χ2n) is 6.29. The van der Waals surface area contributed by atoms with Crippen LogP contribution in [0.3, 0.4) is 0 Å². The predicted molar refractivity (Wildman–Crippen MR) is 83.1 cm³/mol. The summed E-state index contributed by atoms with van der Waals surface area (Å²) in [6.45, 7) is 10.5. The molecule has 0 aliphatic rings. The van der Waals surface area contributed by atoms with E-state index in [-0.39, 0.29) is 5.54 Å². The summed E-state index contributed by atoms with van der Waals surface area (Å²) in [7, 11) is 0. The monoisotopic (exact) mass is 272 g/mol. The van der Waals surface area contributed by atoms with Crippen LogP contribution in [0.4, 0.5) is 0 Å². The van der Waals surface area contributed by atoms with Crippen LogP contribution in [0.1, 0.15) is 45.4 Å². The lowest BCUT2D eigenvalue weighted by atomic mass is 10.0. The molecule has 0 fully saturated rings. The fourth-order valence-corrected chi connectivity index (χ4v) is 2.43. The van der Waals surface area contributed by atoms with Crippen molar-refractivity contribution in [2.24, 2.45) is 0 Å². The maximum atomic E-state index is 10.6. The van der Waals surface area contributed by atoms with Gasteiger partial charge in [0.25, 0.3) is 0 Å². The minimum absolute atomic E-state index is 0.166. The van der Waals surface area contributed by atoms with Crippen molar-refractivity contribution < 1.29 is 5.11 Å². The standard InChI is InChI=1S/C17H24N2O/c1-6-9-14-16(20)15(19(18-14)17(3,4)5)13-11-8-7-10-12(13)2/h7-8,10-11,20H,6,9H2,1-5H3. The van der Waals surface area contributed by atoms with E-state index in [0.717, 1.165) is 35.4 Å². The maximum Gasteiger partial charge on any atom is 0.164 e. The molecule has 0 aliphatic heterocycles. The molecule has 3 nitrogen and oxygen atoms in total. The molecular weight excluding hydrogens is 248 g/mol. The number of aromatic hydroxyl groups is 1. The molecular formula is C17H24N2O. The van der Waals surface area contributed by atoms with E-state index in [1.54, 1.807) is 0 Å². The minimum Gasteiger partial charge on any atom is -0.504 e. The maximum absolute atomic E-state index is 10.6. The molecule has 0 atom stereocenters. The second-order valence-corrected chi connectivity index (χ2v) is 6.29. The summed E-state index contributed by atoms with van der Waals surface area (Å²) in [6, 6.07) is 8.13. The van der Waals surface area contributed by atoms with Crippen molar-refractivity contribution in [3.05, 3.63) is 35.5 Å². The molecule has 0 bridgehead atoms. The van der Waals surface area contributed by atoms with Crippen LogP contribution in [0.2, 0.25) is 0 Å². The molecule has 0 saturated heterocycles. The van der Waals surface area contributed by atoms with Crippen LogP contribution in [0.25, 0.3) is 11.3 Å². The van der Waals surface area contributed by atoms with E-state index >= 15 is 0 Å². The summed E-state index contributed by atoms with van der Waals surface area (Å²) in [5.41, 5.74) is 3.66. The summed E-state index contributed by atoms with van der Waals surface area (Å²) in [6.07, 6.45) is 1.77. The zero-order valence-electron chi connectivity index (χ0n) is 13.1. The Balaban J connectivity index is 2.70. The largest absolute Gasteiger partial charge is 0.504 e. The van der Waals surface area contributed by atoms with Gasteiger partial charge in [0.15, 0.2) is 5.75 Å². The van der Waals surface area contributed by atoms with Gasteiger partial charge in [0.2, 0.25) is 0 Å². The van der Waals surface area contributed by atoms with Gasteiger partial charge in [0.1, 0.15) is 11.4 Å². The summed E-state index contributed by atoms with van der Waals surface area (Å²) in [5.74, 6) is 0.330. The van der Waals surface area contributed by atoms with E-state index in [2.05, 4.69) is 45.8 Å². The summed E-state index contributed by atoms with van der Waals surface area (Å²) in [4.78, 5) is 0. The molecule has 0 spiro atoms. The van der Waals surface area contributed by atoms with E-state index in [0.29, 0.717) is 5.75 Å². The van der Waals surface area contributed by atoms with Gasteiger partial charge in [-0.15, -0.1) is 0 Å². The normalized spacial score (nSPS) is 11.8. The molecule has 0 radical (unpaired) electrons. The molecule has 1 aromatic carbocycles. The van der Waals surface area contributed by atoms with Crippen LogP contribution in [-0.2, 0) is 12.0 Å². The highest BCUT2D eigenvalue weighted by atomic mass is 16.3. The molecule has 20 heavy (non-hydrogen) atoms. The molecule has 2 aromatic rings. The Hall–Kier alpha value is -1.77. The van der Waals surface area contributed by atoms with Crippen LogP contribution >= 0.6 is 0 Å². The Morgan fingerprint density at radius 2 is 1.85 bits per heavy atom. The van der Waals surface area contributed by atoms with Crippen molar-refractivity contribution >= 4 is 0 Å². The number of benzene rings is 1. The summed E-state index contributed by atoms with van der Waals surface area (Å²) >= 11 is 0. The highest BCUT2D eigenvalue weighted by molar-refractivity contribution is 5.71. The van der Waals surface area contributed by atoms with Crippen molar-refractivity contribution in [1.82, 2.24) is 9.78 Å². The SMILES string of the molecule is CCCc1nn(C(C)(C)C)c(-c2ccccc2C)c1O. The Kier molecular flexibility index (Phi) is 3.89. The number of hydrogen-bond acceptors (Lipinski definition) is 2. The molecule has 0 unspecified atom stereocenters. The van der Waals surface area contributed by atoms with E-state index < -0.39 is 0 Å². The molecule has 0 saturated carbocycles. The number of rotatable bonds is 3. The number of aromatic nitrogens is 2. The van der Waals surface area contributed by atoms with E-state index in [1.165, 1.54) is 0 Å². The van der Waals surface area contributed by atoms with Gasteiger partial charge in [0.05, 0.1) is 5.54 Å². The molecule has 1 heterocycles. The van der Waals surface area contributed by atoms with Gasteiger partial charge in [-0.1, -0.05) is 37.6 Å². The fourth-order valence-electron chi connectivity index (χ4n) is 2.43. The van der Waals surface area contributed by atoms with Crippen molar-refractivity contribution in [2.75, 3.05) is 0 Å². The zero-order chi connectivity index (χ0) is 14.9. The van der Waals surface area contributed by atoms with Crippen molar-refractivity contribution in [3.8, 4) is 17.0 Å². The van der Waals surface area contributed by atoms with E-state index in [4.69, 9.17) is 0 Å². The molecule has 1 aromatic heterocycles. The zero-order valence-corrected chi connectivity index (χ0v) is 13.1. The van der Waals surface area contributed by atoms with Gasteiger partial charge < -0.3 is 5.11 Å². The number of nitrogens with zero attached hydrogens (tertiary/aromatic N) is 2. The van der Waals surface area contributed by atoms with Crippen LogP contribution in [0.15, 0.2) is 24.3 Å². The lowest BCUT2D eigenvalue weighted by Gasteiger charge is -2.23. The minimum atomic E-state index is -0.166. The third-order valence-corrected chi connectivity index (χ3v) is 3.45. The van der Waals surface area contributed by atoms with Crippen LogP contribution in [0.5, 0.6) is 5.75 Å². The van der Waals surface area contributed by atoms with Gasteiger partial charge in [-0.25, -0.2) is 0 Å². The molecule has 2 rings (SSSR count). The second kappa shape index (κ2) is 5.31. The highest BCUT2D eigenvalue weighted by Crippen LogP contribution is 2.37. The first kappa shape index (κ1) is 14.6. The van der Waals surface area contributed by atoms with Gasteiger partial charge in [-0.05, 0) is 39.7 Å². The van der Waals surface area contributed by atoms with Crippen LogP contribution in [0, 0.1) is 6.92 Å². The van der Waals surface area contributed by atoms with Gasteiger partial charge in [-0.2, -0.15) is 5.10 Å². The first-order valence-electron chi connectivity index (χ1n) is 7.23. The van der Waals surface area contributed by atoms with Crippen LogP contribution in [-0.4, -0.2) is 14.9 Å². The third-order valence-electron chi connectivity index (χ3n) is 3.45. The lowest BCUT2D eigenvalue weighted by molar-refractivity contribution is 0.356. The smallest absolute Gasteiger partial charge is 0.164 e. The van der Waals surface area contributed by atoms with E-state index in [9.17, 15) is 5.11 Å². The Labute approximate surface area is 121 Å². The van der Waals surface area contributed by atoms with E-state index in [1.807, 2.05) is 22.9 Å². The van der Waals surface area contributed by atoms with Crippen molar-refractivity contribution in [3.63, 3.8) is 0 Å². The molecule has 1 N–H and O–H groups in total. The predicted octanol–water partition coefficient (Wildman–Crippen LogP) is 4.27. The summed E-state index contributed by atoms with van der Waals surface area (Å²) < 4.78 is 1.95. The van der Waals surface area contributed by atoms with Crippen molar-refractivity contribution in [2.45, 2.75) is 53.0 Å². The fraction of sp³-hybridized carbons (Fsp3) is 0.471. The molecule has 108 valence electrons. The Morgan fingerprint density at radius 1 is 1.20 bits per heavy atom. The first-order valence-corrected chi connectivity index (χ1v) is 7.23. The molecule has 0 aliphatic carbocycles. The number of hydrogen-bond donors (Lipinski definition) is 1. The molecule has 3 heteroatoms. The lowest BCUT2D eigenvalue weighted by Crippen LogP contribution is -2.24. The summed E-state index contributed by atoms with van der Waals surface area (Å²) in [5, 5.41) is 15.3. The topological polar surface area (TPSA) is 38.0 Å². The average Bonchev–Trinajstić information content (AvgIpc) is 2.68. The van der Waals surface area contributed by atoms with Gasteiger partial charge in [0, 0.05) is 5.56 Å². The first-order chi connectivity index (χ1) is 9.36. The number of aryl methyl sites for hydroxylation is 2. The van der Waals surface area contributed by atoms with Gasteiger partial charge >= 0.3 is 0 Å². The Bertz CT molecular complexity index is 606. The average molecular weight is 272 g/mol. The Morgan fingerprint density at radius 3 is 2.40 bits per heavy atom. The van der Waals surface area contributed by atoms with Crippen molar-refractivity contribution in [1.29, 1.82) is 0 Å². The molecule has 0 amide bonds.